The van der Waals surface area contributed by atoms with Crippen molar-refractivity contribution in [3.05, 3.63) is 71.8 Å². The van der Waals surface area contributed by atoms with Crippen molar-refractivity contribution in [1.29, 1.82) is 0 Å². The number of hydrogen-bond donors (Lipinski definition) is 0. The Morgan fingerprint density at radius 2 is 1.70 bits per heavy atom. The van der Waals surface area contributed by atoms with Crippen LogP contribution in [0.2, 0.25) is 0 Å². The molecule has 30 heavy (non-hydrogen) atoms. The minimum absolute atomic E-state index is 0.357. The Labute approximate surface area is 176 Å². The number of ether oxygens (including phenoxy) is 5. The van der Waals surface area contributed by atoms with Crippen LogP contribution in [0.25, 0.3) is 0 Å². The summed E-state index contributed by atoms with van der Waals surface area (Å²) in [5.74, 6) is -1.10. The van der Waals surface area contributed by atoms with E-state index in [2.05, 4.69) is 0 Å². The largest absolute Gasteiger partial charge is 0.456 e. The summed E-state index contributed by atoms with van der Waals surface area (Å²) in [6, 6.07) is 19.0. The maximum atomic E-state index is 12.6. The molecule has 0 amide bonds. The zero-order chi connectivity index (χ0) is 20.8. The van der Waals surface area contributed by atoms with Gasteiger partial charge in [0.25, 0.3) is 0 Å². The lowest BCUT2D eigenvalue weighted by Gasteiger charge is -2.48. The van der Waals surface area contributed by atoms with E-state index in [1.54, 1.807) is 12.1 Å². The lowest BCUT2D eigenvalue weighted by Crippen LogP contribution is -2.62. The molecule has 2 unspecified atom stereocenters. The van der Waals surface area contributed by atoms with Gasteiger partial charge < -0.3 is 23.7 Å². The maximum Gasteiger partial charge on any atom is 0.338 e. The lowest BCUT2D eigenvalue weighted by molar-refractivity contribution is -0.287. The Morgan fingerprint density at radius 3 is 2.37 bits per heavy atom. The Kier molecular flexibility index (Phi) is 4.90. The summed E-state index contributed by atoms with van der Waals surface area (Å²) in [5, 5.41) is 0. The molecular weight excluding hydrogens is 384 g/mol. The molecule has 158 valence electrons. The summed E-state index contributed by atoms with van der Waals surface area (Å²) in [7, 11) is 0. The fourth-order valence-electron chi connectivity index (χ4n) is 4.55. The standard InChI is InChI=1S/C24H26O6/c1-23(2)28-19-20(26-15-16-9-5-3-6-10-16)24(30-22(19)29-23)14-13-18(24)27-21(25)17-11-7-4-8-12-17/h3-12,18-20,22H,13-15H2,1-2H3/t18-,19+,20?,22?,24+/m1/s1. The molecule has 0 radical (unpaired) electrons. The van der Waals surface area contributed by atoms with Crippen molar-refractivity contribution in [3.63, 3.8) is 0 Å². The van der Waals surface area contributed by atoms with Crippen LogP contribution in [0.4, 0.5) is 0 Å². The number of hydrogen-bond acceptors (Lipinski definition) is 6. The summed E-state index contributed by atoms with van der Waals surface area (Å²) in [5.41, 5.74) is 0.824. The summed E-state index contributed by atoms with van der Waals surface area (Å²) in [4.78, 5) is 12.6. The van der Waals surface area contributed by atoms with Crippen LogP contribution in [0, 0.1) is 0 Å². The molecule has 1 spiro atoms. The summed E-state index contributed by atoms with van der Waals surface area (Å²) in [6.07, 6.45) is -0.286. The third-order valence-corrected chi connectivity index (χ3v) is 6.08. The molecule has 1 saturated carbocycles. The minimum Gasteiger partial charge on any atom is -0.456 e. The average Bonchev–Trinajstić information content (AvgIpc) is 3.21. The second kappa shape index (κ2) is 7.46. The number of carbonyl (C=O) groups excluding carboxylic acids is 1. The maximum absolute atomic E-state index is 12.6. The highest BCUT2D eigenvalue weighted by molar-refractivity contribution is 5.89. The van der Waals surface area contributed by atoms with Gasteiger partial charge in [0, 0.05) is 0 Å². The molecule has 2 heterocycles. The Balaban J connectivity index is 1.36. The molecule has 1 aliphatic carbocycles. The molecule has 0 aromatic heterocycles. The smallest absolute Gasteiger partial charge is 0.338 e. The van der Waals surface area contributed by atoms with Gasteiger partial charge in [-0.25, -0.2) is 4.79 Å². The van der Waals surface area contributed by atoms with Crippen molar-refractivity contribution in [1.82, 2.24) is 0 Å². The molecule has 2 aromatic rings. The highest BCUT2D eigenvalue weighted by Gasteiger charge is 2.69. The molecule has 0 bridgehead atoms. The van der Waals surface area contributed by atoms with E-state index < -0.39 is 29.9 Å². The third kappa shape index (κ3) is 3.44. The predicted octanol–water partition coefficient (Wildman–Crippen LogP) is 3.84. The zero-order valence-corrected chi connectivity index (χ0v) is 17.2. The van der Waals surface area contributed by atoms with Gasteiger partial charge in [-0.1, -0.05) is 48.5 Å². The highest BCUT2D eigenvalue weighted by Crippen LogP contribution is 2.53. The molecule has 5 atom stereocenters. The molecule has 2 aliphatic heterocycles. The van der Waals surface area contributed by atoms with Gasteiger partial charge in [0.15, 0.2) is 12.1 Å². The quantitative estimate of drug-likeness (QED) is 0.698. The number of rotatable bonds is 5. The predicted molar refractivity (Wildman–Crippen MR) is 108 cm³/mol. The van der Waals surface area contributed by atoms with Gasteiger partial charge in [0.2, 0.25) is 0 Å². The molecule has 5 rings (SSSR count). The van der Waals surface area contributed by atoms with E-state index in [1.807, 2.05) is 62.4 Å². The summed E-state index contributed by atoms with van der Waals surface area (Å²) >= 11 is 0. The van der Waals surface area contributed by atoms with Crippen molar-refractivity contribution >= 4 is 5.97 Å². The Hall–Kier alpha value is -2.25. The van der Waals surface area contributed by atoms with E-state index >= 15 is 0 Å². The lowest BCUT2D eigenvalue weighted by atomic mass is 9.72. The van der Waals surface area contributed by atoms with E-state index in [4.69, 9.17) is 23.7 Å². The van der Waals surface area contributed by atoms with Crippen LogP contribution < -0.4 is 0 Å². The number of benzene rings is 2. The first-order chi connectivity index (χ1) is 14.5. The normalized spacial score (nSPS) is 33.8. The molecule has 2 saturated heterocycles. The first kappa shape index (κ1) is 19.7. The van der Waals surface area contributed by atoms with Crippen molar-refractivity contribution in [2.24, 2.45) is 0 Å². The van der Waals surface area contributed by atoms with Crippen LogP contribution in [0.15, 0.2) is 60.7 Å². The number of carbonyl (C=O) groups is 1. The second-order valence-corrected chi connectivity index (χ2v) is 8.56. The monoisotopic (exact) mass is 410 g/mol. The van der Waals surface area contributed by atoms with Crippen LogP contribution >= 0.6 is 0 Å². The van der Waals surface area contributed by atoms with Crippen molar-refractivity contribution in [3.8, 4) is 0 Å². The average molecular weight is 410 g/mol. The minimum atomic E-state index is -0.759. The fourth-order valence-corrected chi connectivity index (χ4v) is 4.55. The molecule has 2 aromatic carbocycles. The first-order valence-corrected chi connectivity index (χ1v) is 10.4. The Morgan fingerprint density at radius 1 is 1.00 bits per heavy atom. The molecule has 6 heteroatoms. The number of fused-ring (bicyclic) bond motifs is 1. The third-order valence-electron chi connectivity index (χ3n) is 6.08. The molecule has 6 nitrogen and oxygen atoms in total. The van der Waals surface area contributed by atoms with Crippen LogP contribution in [-0.2, 0) is 30.3 Å². The van der Waals surface area contributed by atoms with E-state index in [-0.39, 0.29) is 12.1 Å². The first-order valence-electron chi connectivity index (χ1n) is 10.4. The summed E-state index contributed by atoms with van der Waals surface area (Å²) < 4.78 is 30.6. The molecule has 3 fully saturated rings. The van der Waals surface area contributed by atoms with Gasteiger partial charge in [0.1, 0.15) is 23.9 Å². The van der Waals surface area contributed by atoms with Crippen LogP contribution in [-0.4, -0.2) is 42.0 Å². The van der Waals surface area contributed by atoms with Gasteiger partial charge in [-0.05, 0) is 44.4 Å². The van der Waals surface area contributed by atoms with E-state index in [0.29, 0.717) is 18.6 Å². The van der Waals surface area contributed by atoms with Gasteiger partial charge in [0.05, 0.1) is 12.2 Å². The molecule has 3 aliphatic rings. The topological polar surface area (TPSA) is 63.2 Å². The highest BCUT2D eigenvalue weighted by atomic mass is 16.8. The Bertz CT molecular complexity index is 898. The van der Waals surface area contributed by atoms with Crippen molar-refractivity contribution in [2.75, 3.05) is 0 Å². The second-order valence-electron chi connectivity index (χ2n) is 8.56. The van der Waals surface area contributed by atoms with Gasteiger partial charge in [-0.3, -0.25) is 0 Å². The van der Waals surface area contributed by atoms with E-state index in [1.165, 1.54) is 0 Å². The summed E-state index contributed by atoms with van der Waals surface area (Å²) in [6.45, 7) is 4.15. The van der Waals surface area contributed by atoms with E-state index in [0.717, 1.165) is 12.0 Å². The number of esters is 1. The van der Waals surface area contributed by atoms with Crippen LogP contribution in [0.5, 0.6) is 0 Å². The fraction of sp³-hybridized carbons (Fsp3) is 0.458. The van der Waals surface area contributed by atoms with Crippen molar-refractivity contribution in [2.45, 2.75) is 69.3 Å². The van der Waals surface area contributed by atoms with Crippen molar-refractivity contribution < 1.29 is 28.5 Å². The van der Waals surface area contributed by atoms with Gasteiger partial charge >= 0.3 is 5.97 Å². The van der Waals surface area contributed by atoms with Crippen LogP contribution in [0.1, 0.15) is 42.6 Å². The van der Waals surface area contributed by atoms with E-state index in [9.17, 15) is 4.79 Å². The molecular formula is C24H26O6. The zero-order valence-electron chi connectivity index (χ0n) is 17.2. The SMILES string of the molecule is CC1(C)OC2O[C@]3(CC[C@H]3OC(=O)c3ccccc3)C(OCc3ccccc3)[C@@H]2O1. The van der Waals surface area contributed by atoms with Gasteiger partial charge in [-0.15, -0.1) is 0 Å². The molecule has 0 N–H and O–H groups in total. The van der Waals surface area contributed by atoms with Crippen LogP contribution in [0.3, 0.4) is 0 Å². The van der Waals surface area contributed by atoms with Gasteiger partial charge in [-0.2, -0.15) is 0 Å².